The lowest BCUT2D eigenvalue weighted by Gasteiger charge is -2.36. The first-order valence-electron chi connectivity index (χ1n) is 11.5. The highest BCUT2D eigenvalue weighted by molar-refractivity contribution is 6.11. The van der Waals surface area contributed by atoms with Gasteiger partial charge in [0.2, 0.25) is 0 Å². The van der Waals surface area contributed by atoms with Crippen LogP contribution in [0.15, 0.2) is 89.9 Å². The van der Waals surface area contributed by atoms with Crippen LogP contribution in [0.2, 0.25) is 0 Å². The van der Waals surface area contributed by atoms with E-state index in [4.69, 9.17) is 0 Å². The third kappa shape index (κ3) is 5.58. The number of piperazine rings is 1. The molecule has 0 bridgehead atoms. The number of carbonyl (C=O) groups is 2. The Labute approximate surface area is 199 Å². The zero-order valence-corrected chi connectivity index (χ0v) is 19.3. The zero-order chi connectivity index (χ0) is 23.9. The molecule has 6 heteroatoms. The molecule has 1 aromatic heterocycles. The second kappa shape index (κ2) is 10.9. The number of aryl methyl sites for hydroxylation is 1. The Morgan fingerprint density at radius 3 is 2.21 bits per heavy atom. The van der Waals surface area contributed by atoms with Gasteiger partial charge in [-0.1, -0.05) is 72.8 Å². The second-order valence-electron chi connectivity index (χ2n) is 8.52. The molecule has 1 aliphatic heterocycles. The quantitative estimate of drug-likeness (QED) is 0.405. The van der Waals surface area contributed by atoms with Crippen LogP contribution in [-0.4, -0.2) is 58.8 Å². The van der Waals surface area contributed by atoms with Crippen molar-refractivity contribution in [3.8, 4) is 0 Å². The van der Waals surface area contributed by atoms with Crippen LogP contribution in [0.25, 0.3) is 6.08 Å². The Bertz CT molecular complexity index is 1210. The van der Waals surface area contributed by atoms with Crippen molar-refractivity contribution in [1.82, 2.24) is 14.4 Å². The monoisotopic (exact) mass is 455 g/mol. The Balaban J connectivity index is 1.47. The molecular formula is C28H29N3O3. The summed E-state index contributed by atoms with van der Waals surface area (Å²) in [7, 11) is 0. The van der Waals surface area contributed by atoms with E-state index in [1.165, 1.54) is 10.6 Å². The van der Waals surface area contributed by atoms with Gasteiger partial charge in [0, 0.05) is 50.6 Å². The number of carbonyl (C=O) groups excluding carboxylic acids is 2. The molecule has 34 heavy (non-hydrogen) atoms. The van der Waals surface area contributed by atoms with E-state index in [0.717, 1.165) is 17.7 Å². The largest absolute Gasteiger partial charge is 0.338 e. The normalized spacial score (nSPS) is 15.4. The number of ketones is 1. The highest BCUT2D eigenvalue weighted by Gasteiger charge is 2.34. The molecule has 6 nitrogen and oxygen atoms in total. The van der Waals surface area contributed by atoms with Gasteiger partial charge in [-0.25, -0.2) is 0 Å². The maximum Gasteiger partial charge on any atom is 0.253 e. The molecule has 1 amide bonds. The molecule has 2 heterocycles. The maximum atomic E-state index is 13.6. The van der Waals surface area contributed by atoms with Gasteiger partial charge < -0.3 is 4.90 Å². The van der Waals surface area contributed by atoms with Gasteiger partial charge in [-0.15, -0.1) is 0 Å². The van der Waals surface area contributed by atoms with Crippen molar-refractivity contribution in [3.63, 3.8) is 0 Å². The fourth-order valence-electron chi connectivity index (χ4n) is 4.15. The van der Waals surface area contributed by atoms with Crippen LogP contribution in [-0.2, 0) is 4.79 Å². The van der Waals surface area contributed by atoms with Crippen LogP contribution >= 0.6 is 0 Å². The average molecular weight is 456 g/mol. The first kappa shape index (κ1) is 23.4. The van der Waals surface area contributed by atoms with E-state index in [2.05, 4.69) is 29.2 Å². The van der Waals surface area contributed by atoms with Crippen LogP contribution in [0, 0.1) is 6.92 Å². The fraction of sp³-hybridized carbons (Fsp3) is 0.250. The van der Waals surface area contributed by atoms with Crippen molar-refractivity contribution < 1.29 is 9.59 Å². The van der Waals surface area contributed by atoms with Crippen LogP contribution in [0.4, 0.5) is 0 Å². The summed E-state index contributed by atoms with van der Waals surface area (Å²) >= 11 is 0. The number of hydrogen-bond acceptors (Lipinski definition) is 4. The molecule has 3 aromatic rings. The number of rotatable bonds is 7. The number of nitrogens with zero attached hydrogens (tertiary/aromatic N) is 3. The standard InChI is InChI=1S/C28H29N3O3/c1-22-14-16-31(25(32)21-22)26(27(33)24-12-6-3-7-13-24)28(34)30-19-17-29(18-20-30)15-8-11-23-9-4-2-5-10-23/h2-14,16,21,26H,15,17-20H2,1H3/b11-8+. The van der Waals surface area contributed by atoms with Crippen molar-refractivity contribution in [2.75, 3.05) is 32.7 Å². The number of aromatic nitrogens is 1. The SMILES string of the molecule is Cc1ccn(C(C(=O)c2ccccc2)C(=O)N2CCN(C/C=C/c3ccccc3)CC2)c(=O)c1. The highest BCUT2D eigenvalue weighted by Crippen LogP contribution is 2.18. The van der Waals surface area contributed by atoms with Crippen LogP contribution in [0.3, 0.4) is 0 Å². The van der Waals surface area contributed by atoms with Gasteiger partial charge in [-0.2, -0.15) is 0 Å². The van der Waals surface area contributed by atoms with Crippen LogP contribution in [0.5, 0.6) is 0 Å². The third-order valence-corrected chi connectivity index (χ3v) is 6.08. The number of hydrogen-bond donors (Lipinski definition) is 0. The first-order valence-corrected chi connectivity index (χ1v) is 11.5. The zero-order valence-electron chi connectivity index (χ0n) is 19.3. The molecule has 174 valence electrons. The minimum Gasteiger partial charge on any atom is -0.338 e. The lowest BCUT2D eigenvalue weighted by molar-refractivity contribution is -0.135. The van der Waals surface area contributed by atoms with Crippen molar-refractivity contribution in [3.05, 3.63) is 112 Å². The molecule has 0 radical (unpaired) electrons. The van der Waals surface area contributed by atoms with Crippen molar-refractivity contribution >= 4 is 17.8 Å². The number of pyridine rings is 1. The van der Waals surface area contributed by atoms with Gasteiger partial charge in [0.25, 0.3) is 11.5 Å². The molecule has 0 spiro atoms. The van der Waals surface area contributed by atoms with Gasteiger partial charge in [-0.3, -0.25) is 23.9 Å². The highest BCUT2D eigenvalue weighted by atomic mass is 16.2. The molecule has 0 saturated carbocycles. The maximum absolute atomic E-state index is 13.6. The van der Waals surface area contributed by atoms with Gasteiger partial charge in [0.15, 0.2) is 11.8 Å². The molecule has 2 aromatic carbocycles. The Hall–Kier alpha value is -3.77. The number of amides is 1. The van der Waals surface area contributed by atoms with Gasteiger partial charge in [0.1, 0.15) is 0 Å². The Kier molecular flexibility index (Phi) is 7.50. The van der Waals surface area contributed by atoms with Gasteiger partial charge >= 0.3 is 0 Å². The summed E-state index contributed by atoms with van der Waals surface area (Å²) in [5.41, 5.74) is 2.00. The minimum absolute atomic E-state index is 0.334. The number of benzene rings is 2. The summed E-state index contributed by atoms with van der Waals surface area (Å²) in [4.78, 5) is 43.6. The smallest absolute Gasteiger partial charge is 0.253 e. The molecule has 0 N–H and O–H groups in total. The van der Waals surface area contributed by atoms with E-state index in [1.807, 2.05) is 31.2 Å². The van der Waals surface area contributed by atoms with E-state index in [1.54, 1.807) is 41.4 Å². The van der Waals surface area contributed by atoms with E-state index >= 15 is 0 Å². The Morgan fingerprint density at radius 1 is 0.912 bits per heavy atom. The van der Waals surface area contributed by atoms with Crippen molar-refractivity contribution in [2.24, 2.45) is 0 Å². The summed E-state index contributed by atoms with van der Waals surface area (Å²) in [5, 5.41) is 0. The van der Waals surface area contributed by atoms with E-state index in [9.17, 15) is 14.4 Å². The van der Waals surface area contributed by atoms with E-state index in [0.29, 0.717) is 31.7 Å². The Morgan fingerprint density at radius 2 is 1.56 bits per heavy atom. The number of Topliss-reactive ketones (excluding diaryl/α,β-unsaturated/α-hetero) is 1. The second-order valence-corrected chi connectivity index (χ2v) is 8.52. The molecule has 1 fully saturated rings. The summed E-state index contributed by atoms with van der Waals surface area (Å²) in [6, 6.07) is 20.8. The fourth-order valence-corrected chi connectivity index (χ4v) is 4.15. The van der Waals surface area contributed by atoms with Gasteiger partial charge in [-0.05, 0) is 24.1 Å². The van der Waals surface area contributed by atoms with E-state index < -0.39 is 6.04 Å². The third-order valence-electron chi connectivity index (χ3n) is 6.08. The predicted octanol–water partition coefficient (Wildman–Crippen LogP) is 3.44. The topological polar surface area (TPSA) is 62.6 Å². The molecule has 4 rings (SSSR count). The lowest BCUT2D eigenvalue weighted by atomic mass is 10.0. The predicted molar refractivity (Wildman–Crippen MR) is 134 cm³/mol. The van der Waals surface area contributed by atoms with E-state index in [-0.39, 0.29) is 17.2 Å². The van der Waals surface area contributed by atoms with Crippen molar-refractivity contribution in [2.45, 2.75) is 13.0 Å². The molecule has 0 aliphatic carbocycles. The first-order chi connectivity index (χ1) is 16.5. The van der Waals surface area contributed by atoms with Crippen LogP contribution in [0.1, 0.15) is 27.5 Å². The average Bonchev–Trinajstić information content (AvgIpc) is 2.87. The minimum atomic E-state index is -1.21. The summed E-state index contributed by atoms with van der Waals surface area (Å²) in [6.45, 7) is 5.04. The molecule has 1 atom stereocenters. The molecule has 1 unspecified atom stereocenters. The summed E-state index contributed by atoms with van der Waals surface area (Å²) in [6.07, 6.45) is 5.77. The molecule has 1 aliphatic rings. The van der Waals surface area contributed by atoms with Crippen LogP contribution < -0.4 is 5.56 Å². The molecular weight excluding hydrogens is 426 g/mol. The lowest BCUT2D eigenvalue weighted by Crippen LogP contribution is -2.52. The van der Waals surface area contributed by atoms with Crippen molar-refractivity contribution in [1.29, 1.82) is 0 Å². The molecule has 1 saturated heterocycles. The summed E-state index contributed by atoms with van der Waals surface area (Å²) in [5.74, 6) is -0.705. The summed E-state index contributed by atoms with van der Waals surface area (Å²) < 4.78 is 1.26. The van der Waals surface area contributed by atoms with Gasteiger partial charge in [0.05, 0.1) is 0 Å².